The lowest BCUT2D eigenvalue weighted by Gasteiger charge is -2.42. The maximum absolute atomic E-state index is 13.2. The van der Waals surface area contributed by atoms with E-state index in [1.165, 1.54) is 0 Å². The highest BCUT2D eigenvalue weighted by atomic mass is 32.2. The van der Waals surface area contributed by atoms with E-state index < -0.39 is 11.2 Å². The third kappa shape index (κ3) is 4.61. The van der Waals surface area contributed by atoms with Crippen molar-refractivity contribution in [2.75, 3.05) is 37.3 Å². The zero-order chi connectivity index (χ0) is 24.5. The molecule has 5 rings (SSSR count). The molecule has 0 N–H and O–H groups in total. The first-order valence-corrected chi connectivity index (χ1v) is 13.1. The van der Waals surface area contributed by atoms with Crippen LogP contribution in [0.5, 0.6) is 0 Å². The molecule has 2 aliphatic rings. The van der Waals surface area contributed by atoms with Gasteiger partial charge in [0.2, 0.25) is 5.91 Å². The zero-order valence-corrected chi connectivity index (χ0v) is 20.6. The number of hydrogen-bond acceptors (Lipinski definition) is 6. The van der Waals surface area contributed by atoms with Gasteiger partial charge in [-0.05, 0) is 24.6 Å². The van der Waals surface area contributed by atoms with Crippen molar-refractivity contribution >= 4 is 28.7 Å². The molecule has 35 heavy (non-hydrogen) atoms. The van der Waals surface area contributed by atoms with E-state index in [4.69, 9.17) is 0 Å². The summed E-state index contributed by atoms with van der Waals surface area (Å²) in [5, 5.41) is 0.312. The van der Waals surface area contributed by atoms with Gasteiger partial charge in [0.15, 0.2) is 0 Å². The Bertz CT molecular complexity index is 1250. The number of carbonyl (C=O) groups is 2. The fourth-order valence-electron chi connectivity index (χ4n) is 4.84. The number of rotatable bonds is 5. The molecule has 1 fully saturated rings. The summed E-state index contributed by atoms with van der Waals surface area (Å²) in [7, 11) is 0. The molecule has 0 spiro atoms. The molecule has 3 aromatic rings. The van der Waals surface area contributed by atoms with Gasteiger partial charge in [0, 0.05) is 78.2 Å². The van der Waals surface area contributed by atoms with E-state index >= 15 is 0 Å². The van der Waals surface area contributed by atoms with E-state index in [1.807, 2.05) is 54.3 Å². The monoisotopic (exact) mass is 489 g/mol. The van der Waals surface area contributed by atoms with Crippen LogP contribution in [0.3, 0.4) is 0 Å². The second-order valence-corrected chi connectivity index (χ2v) is 10.2. The number of benzene rings is 2. The summed E-state index contributed by atoms with van der Waals surface area (Å²) in [4.78, 5) is 40.1. The first-order valence-electron chi connectivity index (χ1n) is 11.6. The molecule has 0 radical (unpaired) electrons. The highest BCUT2D eigenvalue weighted by molar-refractivity contribution is 7.90. The molecule has 2 atom stereocenters. The van der Waals surface area contributed by atoms with E-state index in [-0.39, 0.29) is 24.4 Å². The summed E-state index contributed by atoms with van der Waals surface area (Å²) in [6.07, 6.45) is 4.97. The van der Waals surface area contributed by atoms with Crippen molar-refractivity contribution in [1.29, 1.82) is 0 Å². The van der Waals surface area contributed by atoms with E-state index in [1.54, 1.807) is 23.5 Å². The number of nitrogens with zero attached hydrogens (tertiary/aromatic N) is 5. The Morgan fingerprint density at radius 1 is 1.06 bits per heavy atom. The summed E-state index contributed by atoms with van der Waals surface area (Å²) >= 11 is -1.23. The first-order chi connectivity index (χ1) is 16.9. The van der Waals surface area contributed by atoms with Gasteiger partial charge >= 0.3 is 5.16 Å². The van der Waals surface area contributed by atoms with Gasteiger partial charge in [0.1, 0.15) is 12.8 Å². The predicted molar refractivity (Wildman–Crippen MR) is 134 cm³/mol. The summed E-state index contributed by atoms with van der Waals surface area (Å²) in [6.45, 7) is 4.55. The van der Waals surface area contributed by atoms with Crippen LogP contribution < -0.4 is 4.90 Å². The van der Waals surface area contributed by atoms with E-state index in [0.29, 0.717) is 36.9 Å². The molecular formula is C26H27N5O3S. The molecule has 2 amide bonds. The number of hydrogen-bond donors (Lipinski definition) is 0. The Labute approximate surface area is 207 Å². The molecule has 2 aliphatic heterocycles. The maximum Gasteiger partial charge on any atom is 0.342 e. The lowest BCUT2D eigenvalue weighted by molar-refractivity contribution is -0.134. The number of fused-ring (bicyclic) bond motifs is 1. The highest BCUT2D eigenvalue weighted by Crippen LogP contribution is 2.32. The largest absolute Gasteiger partial charge is 0.609 e. The zero-order valence-electron chi connectivity index (χ0n) is 19.8. The van der Waals surface area contributed by atoms with Crippen molar-refractivity contribution < 1.29 is 14.1 Å². The fourth-order valence-corrected chi connectivity index (χ4v) is 5.24. The molecule has 1 saturated heterocycles. The van der Waals surface area contributed by atoms with Crippen LogP contribution in [0.4, 0.5) is 5.69 Å². The third-order valence-corrected chi connectivity index (χ3v) is 7.34. The number of aromatic nitrogens is 2. The van der Waals surface area contributed by atoms with Crippen LogP contribution in [0.1, 0.15) is 22.8 Å². The van der Waals surface area contributed by atoms with Crippen molar-refractivity contribution in [3.8, 4) is 11.1 Å². The molecule has 3 heterocycles. The average Bonchev–Trinajstić information content (AvgIpc) is 3.19. The van der Waals surface area contributed by atoms with E-state index in [9.17, 15) is 14.1 Å². The van der Waals surface area contributed by atoms with Crippen LogP contribution >= 0.6 is 0 Å². The number of piperazine rings is 1. The van der Waals surface area contributed by atoms with Crippen molar-refractivity contribution in [2.45, 2.75) is 24.7 Å². The number of para-hydroxylation sites is 1. The molecule has 1 aromatic heterocycles. The smallest absolute Gasteiger partial charge is 0.342 e. The number of carbonyl (C=O) groups excluding carboxylic acids is 2. The van der Waals surface area contributed by atoms with Crippen molar-refractivity contribution in [1.82, 2.24) is 19.8 Å². The Morgan fingerprint density at radius 3 is 2.43 bits per heavy atom. The summed E-state index contributed by atoms with van der Waals surface area (Å²) in [5.74, 6) is -0.0996. The van der Waals surface area contributed by atoms with Gasteiger partial charge in [-0.25, -0.2) is 0 Å². The highest BCUT2D eigenvalue weighted by Gasteiger charge is 2.33. The molecule has 8 nitrogen and oxygen atoms in total. The molecule has 180 valence electrons. The topological polar surface area (TPSA) is 92.7 Å². The van der Waals surface area contributed by atoms with Crippen LogP contribution in [0.2, 0.25) is 0 Å². The van der Waals surface area contributed by atoms with Crippen LogP contribution in [0, 0.1) is 0 Å². The van der Waals surface area contributed by atoms with Gasteiger partial charge in [-0.3, -0.25) is 9.59 Å². The van der Waals surface area contributed by atoms with Crippen LogP contribution in [-0.2, 0) is 22.5 Å². The second-order valence-electron chi connectivity index (χ2n) is 8.93. The summed E-state index contributed by atoms with van der Waals surface area (Å²) in [6, 6.07) is 15.6. The Morgan fingerprint density at radius 2 is 1.74 bits per heavy atom. The van der Waals surface area contributed by atoms with Gasteiger partial charge in [0.05, 0.1) is 0 Å². The molecule has 2 aromatic carbocycles. The lowest BCUT2D eigenvalue weighted by atomic mass is 10.0. The number of anilines is 1. The standard InChI is InChI=1S/C26H27N5O3S/c1-18-15-29(23-10-6-5-8-21(23)20-13-27-26(28-14-20)35(2)34)11-12-31(18)24(32)17-30-16-19-7-3-4-9-22(19)25(30)33/h3-10,13-14,18H,11-12,15-17H2,1-2H3. The Balaban J connectivity index is 1.27. The first kappa shape index (κ1) is 23.3. The molecule has 0 aliphatic carbocycles. The van der Waals surface area contributed by atoms with Crippen molar-refractivity contribution in [2.24, 2.45) is 0 Å². The van der Waals surface area contributed by atoms with Crippen molar-refractivity contribution in [3.05, 3.63) is 72.1 Å². The van der Waals surface area contributed by atoms with Gasteiger partial charge < -0.3 is 19.3 Å². The fraction of sp³-hybridized carbons (Fsp3) is 0.308. The van der Waals surface area contributed by atoms with Gasteiger partial charge in [-0.1, -0.05) is 36.4 Å². The molecule has 9 heteroatoms. The second kappa shape index (κ2) is 9.67. The molecular weight excluding hydrogens is 462 g/mol. The van der Waals surface area contributed by atoms with E-state index in [2.05, 4.69) is 20.9 Å². The normalized spacial score (nSPS) is 18.5. The number of amides is 2. The van der Waals surface area contributed by atoms with Gasteiger partial charge in [0.25, 0.3) is 5.91 Å². The summed E-state index contributed by atoms with van der Waals surface area (Å²) in [5.41, 5.74) is 4.56. The van der Waals surface area contributed by atoms with Crippen LogP contribution in [0.15, 0.2) is 66.1 Å². The average molecular weight is 490 g/mol. The minimum atomic E-state index is -1.23. The minimum Gasteiger partial charge on any atom is -0.609 e. The quantitative estimate of drug-likeness (QED) is 0.404. The van der Waals surface area contributed by atoms with E-state index in [0.717, 1.165) is 22.4 Å². The molecule has 2 unspecified atom stereocenters. The predicted octanol–water partition coefficient (Wildman–Crippen LogP) is 2.57. The third-order valence-electron chi connectivity index (χ3n) is 6.61. The minimum absolute atomic E-state index is 0.00877. The molecule has 0 saturated carbocycles. The molecule has 0 bridgehead atoms. The van der Waals surface area contributed by atoms with Gasteiger partial charge in [-0.15, -0.1) is 0 Å². The SMILES string of the molecule is CC1CN(c2ccccc2-c2cnc([S+](C)[O-])nc2)CCN1C(=O)CN1Cc2ccccc2C1=O. The lowest BCUT2D eigenvalue weighted by Crippen LogP contribution is -2.56. The van der Waals surface area contributed by atoms with Crippen LogP contribution in [0.25, 0.3) is 11.1 Å². The Kier molecular flexibility index (Phi) is 6.44. The van der Waals surface area contributed by atoms with Crippen LogP contribution in [-0.4, -0.2) is 74.6 Å². The van der Waals surface area contributed by atoms with Gasteiger partial charge in [-0.2, -0.15) is 9.97 Å². The maximum atomic E-state index is 13.2. The Hall–Kier alpha value is -3.43. The summed E-state index contributed by atoms with van der Waals surface area (Å²) < 4.78 is 11.6. The van der Waals surface area contributed by atoms with Crippen molar-refractivity contribution in [3.63, 3.8) is 0 Å².